The van der Waals surface area contributed by atoms with E-state index in [9.17, 15) is 47.7 Å². The van der Waals surface area contributed by atoms with E-state index < -0.39 is 74.4 Å². The molecule has 5 unspecified atom stereocenters. The Hall–Kier alpha value is -1.11. The molecule has 1 amide bonds. The predicted molar refractivity (Wildman–Crippen MR) is 176 cm³/mol. The van der Waals surface area contributed by atoms with E-state index in [1.165, 1.54) is 44.8 Å². The number of aryl methyl sites for hydroxylation is 1. The number of carbonyl (C=O) groups is 1. The van der Waals surface area contributed by atoms with Gasteiger partial charge in [-0.15, -0.1) is 11.8 Å². The molecule has 2 rings (SSSR count). The Morgan fingerprint density at radius 3 is 2.18 bits per heavy atom. The molecule has 0 bridgehead atoms. The normalized spacial score (nSPS) is 24.6. The van der Waals surface area contributed by atoms with Gasteiger partial charge in [0.25, 0.3) is 0 Å². The molecule has 6 N–H and O–H groups in total. The van der Waals surface area contributed by atoms with Gasteiger partial charge in [0, 0.05) is 19.7 Å². The summed E-state index contributed by atoms with van der Waals surface area (Å²) in [4.78, 5) is 52.6. The van der Waals surface area contributed by atoms with Crippen LogP contribution >= 0.6 is 43.1 Å². The Morgan fingerprint density at radius 1 is 1.02 bits per heavy atom. The Morgan fingerprint density at radius 2 is 1.61 bits per heavy atom. The molecule has 1 aromatic rings. The topological polar surface area (TPSA) is 278 Å². The number of amides is 1. The number of rotatable bonds is 21. The second-order valence-electron chi connectivity index (χ2n) is 10.5. The lowest BCUT2D eigenvalue weighted by Gasteiger charge is -2.29. The van der Waals surface area contributed by atoms with Gasteiger partial charge in [0.05, 0.1) is 17.8 Å². The lowest BCUT2D eigenvalue weighted by Crippen LogP contribution is -2.45. The third kappa shape index (κ3) is 16.4. The van der Waals surface area contributed by atoms with E-state index >= 15 is 0 Å². The van der Waals surface area contributed by atoms with E-state index in [-0.39, 0.29) is 11.7 Å². The number of carbonyl (C=O) groups excluding carboxylic acids is 1. The van der Waals surface area contributed by atoms with Gasteiger partial charge < -0.3 is 34.2 Å². The van der Waals surface area contributed by atoms with Crippen LogP contribution < -0.4 is 0 Å². The molecule has 1 aliphatic rings. The molecule has 1 heterocycles. The zero-order chi connectivity index (χ0) is 37.0. The number of phosphoric ester groups is 2. The Labute approximate surface area is 287 Å². The molecule has 1 fully saturated rings. The van der Waals surface area contributed by atoms with E-state index in [1.807, 2.05) is 37.3 Å². The average Bonchev–Trinajstić information content (AvgIpc) is 3.25. The van der Waals surface area contributed by atoms with E-state index in [1.54, 1.807) is 0 Å². The highest BCUT2D eigenvalue weighted by Gasteiger charge is 2.50. The van der Waals surface area contributed by atoms with E-state index in [0.29, 0.717) is 18.6 Å². The van der Waals surface area contributed by atoms with Crippen LogP contribution in [0.15, 0.2) is 42.6 Å². The summed E-state index contributed by atoms with van der Waals surface area (Å²) in [5.41, 5.74) is 1.02. The summed E-state index contributed by atoms with van der Waals surface area (Å²) in [5, 5.41) is 19.3. The number of phosphoric acid groups is 4. The molecule has 0 aliphatic carbocycles. The van der Waals surface area contributed by atoms with Crippen molar-refractivity contribution in [2.24, 2.45) is 0 Å². The number of thioether (sulfide) groups is 1. The van der Waals surface area contributed by atoms with Gasteiger partial charge in [-0.2, -0.15) is 12.9 Å². The van der Waals surface area contributed by atoms with E-state index in [4.69, 9.17) is 14.9 Å². The van der Waals surface area contributed by atoms with Gasteiger partial charge >= 0.3 is 31.3 Å². The first-order valence-electron chi connectivity index (χ1n) is 14.6. The fraction of sp³-hybridized carbons (Fsp3) is 0.600. The largest absolute Gasteiger partial charge is 0.490 e. The first kappa shape index (κ1) is 44.1. The van der Waals surface area contributed by atoms with Gasteiger partial charge in [-0.1, -0.05) is 37.3 Å². The first-order valence-corrected chi connectivity index (χ1v) is 21.6. The van der Waals surface area contributed by atoms with Gasteiger partial charge in [-0.25, -0.2) is 18.3 Å². The van der Waals surface area contributed by atoms with E-state index in [0.717, 1.165) is 16.9 Å². The van der Waals surface area contributed by atoms with Crippen LogP contribution in [-0.4, -0.2) is 90.1 Å². The summed E-state index contributed by atoms with van der Waals surface area (Å²) in [7, 11) is -22.9. The Balaban J connectivity index is 2.16. The van der Waals surface area contributed by atoms with Crippen LogP contribution in [-0.2, 0) is 60.9 Å². The molecular weight excluding hydrogens is 756 g/mol. The van der Waals surface area contributed by atoms with Crippen molar-refractivity contribution in [1.29, 1.82) is 5.41 Å². The maximum absolute atomic E-state index is 12.6. The number of hydrogen-bond acceptors (Lipinski definition) is 15. The fourth-order valence-corrected chi connectivity index (χ4v) is 9.77. The SMILES string of the molecule is CCCSC(=N)/C=C\N(C(C)=O)[C@@H]1O[C@H](COP(=O)(O)OP(=O)(O)OP(=O)(O)OP(=O)(O)OC(C)C)C(O)[C@@H]1OCCCc1ccccc1. The van der Waals surface area contributed by atoms with Crippen LogP contribution in [0.3, 0.4) is 0 Å². The number of ether oxygens (including phenoxy) is 2. The molecule has 0 radical (unpaired) electrons. The van der Waals surface area contributed by atoms with Crippen molar-refractivity contribution in [2.75, 3.05) is 19.0 Å². The molecule has 19 nitrogen and oxygen atoms in total. The molecule has 0 spiro atoms. The second kappa shape index (κ2) is 19.6. The number of nitrogens with zero attached hydrogens (tertiary/aromatic N) is 1. The third-order valence-corrected chi connectivity index (χ3v) is 13.1. The number of aliphatic hydroxyl groups is 1. The molecule has 0 aromatic heterocycles. The van der Waals surface area contributed by atoms with Crippen molar-refractivity contribution >= 4 is 54.0 Å². The van der Waals surface area contributed by atoms with Crippen LogP contribution in [0.4, 0.5) is 0 Å². The average molecular weight is 799 g/mol. The van der Waals surface area contributed by atoms with Gasteiger partial charge in [-0.05, 0) is 50.5 Å². The van der Waals surface area contributed by atoms with Crippen LogP contribution in [0, 0.1) is 5.41 Å². The number of aliphatic hydroxyl groups excluding tert-OH is 1. The minimum Gasteiger partial charge on any atom is -0.387 e. The zero-order valence-corrected chi connectivity index (χ0v) is 31.3. The third-order valence-electron chi connectivity index (χ3n) is 5.93. The molecule has 1 saturated heterocycles. The monoisotopic (exact) mass is 798 g/mol. The smallest absolute Gasteiger partial charge is 0.387 e. The molecular formula is C25H42N2O17P4S. The molecule has 0 saturated carbocycles. The highest BCUT2D eigenvalue weighted by Crippen LogP contribution is 2.71. The summed E-state index contributed by atoms with van der Waals surface area (Å²) in [6, 6.07) is 9.45. The van der Waals surface area contributed by atoms with Crippen LogP contribution in [0.1, 0.15) is 46.1 Å². The number of hydrogen-bond donors (Lipinski definition) is 6. The maximum atomic E-state index is 12.6. The molecule has 280 valence electrons. The predicted octanol–water partition coefficient (Wildman–Crippen LogP) is 4.47. The van der Waals surface area contributed by atoms with Crippen molar-refractivity contribution in [3.05, 3.63) is 48.2 Å². The van der Waals surface area contributed by atoms with Gasteiger partial charge in [0.2, 0.25) is 5.91 Å². The van der Waals surface area contributed by atoms with Gasteiger partial charge in [0.1, 0.15) is 18.3 Å². The summed E-state index contributed by atoms with van der Waals surface area (Å²) in [6.45, 7) is 4.72. The lowest BCUT2D eigenvalue weighted by molar-refractivity contribution is -0.146. The van der Waals surface area contributed by atoms with E-state index in [2.05, 4.69) is 22.0 Å². The van der Waals surface area contributed by atoms with Crippen molar-refractivity contribution in [1.82, 2.24) is 4.90 Å². The highest BCUT2D eigenvalue weighted by molar-refractivity contribution is 8.14. The molecule has 1 aromatic carbocycles. The van der Waals surface area contributed by atoms with Crippen molar-refractivity contribution in [3.63, 3.8) is 0 Å². The summed E-state index contributed by atoms with van der Waals surface area (Å²) >= 11 is 1.23. The van der Waals surface area contributed by atoms with Gasteiger partial charge in [0.15, 0.2) is 6.23 Å². The molecule has 49 heavy (non-hydrogen) atoms. The number of nitrogens with one attached hydrogen (secondary N) is 1. The van der Waals surface area contributed by atoms with Crippen molar-refractivity contribution < 1.29 is 79.2 Å². The first-order chi connectivity index (χ1) is 22.7. The van der Waals surface area contributed by atoms with Gasteiger partial charge in [-0.3, -0.25) is 24.2 Å². The summed E-state index contributed by atoms with van der Waals surface area (Å²) in [6.07, 6.45) is -2.19. The van der Waals surface area contributed by atoms with Crippen LogP contribution in [0.25, 0.3) is 0 Å². The van der Waals surface area contributed by atoms with Crippen molar-refractivity contribution in [2.45, 2.75) is 77.6 Å². The Kier molecular flexibility index (Phi) is 17.7. The van der Waals surface area contributed by atoms with Crippen LogP contribution in [0.5, 0.6) is 0 Å². The lowest BCUT2D eigenvalue weighted by atomic mass is 10.1. The fourth-order valence-electron chi connectivity index (χ4n) is 4.08. The highest BCUT2D eigenvalue weighted by atomic mass is 32.2. The number of benzene rings is 1. The summed E-state index contributed by atoms with van der Waals surface area (Å²) in [5.74, 6) is 0.0823. The summed E-state index contributed by atoms with van der Waals surface area (Å²) < 4.78 is 80.9. The second-order valence-corrected chi connectivity index (χ2v) is 17.8. The Bertz CT molecular complexity index is 1470. The minimum absolute atomic E-state index is 0.0839. The molecule has 24 heteroatoms. The standard InChI is InChI=1S/C25H42N2O17P4S/c1-5-16-49-22(26)13-14-27(19(4)28)25-24(38-15-9-12-20-10-7-6-8-11-20)23(29)21(40-25)17-39-45(30,31)42-47(34,35)44-48(36,37)43-46(32,33)41-18(2)3/h6-8,10-11,13-14,18,21,23-26,29H,5,9,12,15-17H2,1-4H3,(H,30,31)(H,32,33)(H,34,35)(H,36,37)/b14-13-,26-22?/t21-,23?,24+,25-/m1/s1. The molecule has 1 aliphatic heterocycles. The minimum atomic E-state index is -6.03. The maximum Gasteiger partial charge on any atom is 0.490 e. The van der Waals surface area contributed by atoms with Crippen molar-refractivity contribution in [3.8, 4) is 0 Å². The zero-order valence-electron chi connectivity index (χ0n) is 27.0. The quantitative estimate of drug-likeness (QED) is 0.0433. The molecule has 8 atom stereocenters. The van der Waals surface area contributed by atoms with Crippen LogP contribution in [0.2, 0.25) is 0 Å².